The molecule has 0 fully saturated rings. The first-order chi connectivity index (χ1) is 10.1. The van der Waals surface area contributed by atoms with Gasteiger partial charge in [0.15, 0.2) is 5.82 Å². The quantitative estimate of drug-likeness (QED) is 0.592. The lowest BCUT2D eigenvalue weighted by molar-refractivity contribution is -0.389. The number of aryl methyl sites for hydroxylation is 2. The highest BCUT2D eigenvalue weighted by molar-refractivity contribution is 5.89. The first-order valence-electron chi connectivity index (χ1n) is 6.58. The van der Waals surface area contributed by atoms with Crippen LogP contribution >= 0.6 is 0 Å². The van der Waals surface area contributed by atoms with E-state index < -0.39 is 4.92 Å². The third-order valence-electron chi connectivity index (χ3n) is 2.82. The molecule has 2 heterocycles. The van der Waals surface area contributed by atoms with E-state index in [0.29, 0.717) is 12.4 Å². The van der Waals surface area contributed by atoms with Crippen LogP contribution in [0.5, 0.6) is 0 Å². The van der Waals surface area contributed by atoms with Gasteiger partial charge in [-0.15, -0.1) is 0 Å². The zero-order valence-corrected chi connectivity index (χ0v) is 11.6. The molecule has 0 radical (unpaired) electrons. The Morgan fingerprint density at radius 2 is 2.38 bits per heavy atom. The molecule has 9 nitrogen and oxygen atoms in total. The van der Waals surface area contributed by atoms with Crippen LogP contribution in [0, 0.1) is 10.1 Å². The van der Waals surface area contributed by atoms with E-state index in [1.807, 2.05) is 0 Å². The predicted octanol–water partition coefficient (Wildman–Crippen LogP) is 1.50. The monoisotopic (exact) mass is 292 g/mol. The average molecular weight is 292 g/mol. The summed E-state index contributed by atoms with van der Waals surface area (Å²) < 4.78 is 1.50. The molecule has 0 aliphatic carbocycles. The van der Waals surface area contributed by atoms with Gasteiger partial charge in [0.05, 0.1) is 0 Å². The van der Waals surface area contributed by atoms with Gasteiger partial charge >= 0.3 is 5.82 Å². The van der Waals surface area contributed by atoms with Gasteiger partial charge in [-0.2, -0.15) is 5.10 Å². The maximum atomic E-state index is 11.8. The molecule has 1 amide bonds. The first kappa shape index (κ1) is 14.7. The van der Waals surface area contributed by atoms with Crippen molar-refractivity contribution in [3.8, 4) is 0 Å². The minimum Gasteiger partial charge on any atom is -0.358 e. The van der Waals surface area contributed by atoms with Crippen LogP contribution in [-0.4, -0.2) is 30.6 Å². The Bertz CT molecular complexity index is 632. The number of nitrogens with zero attached hydrogens (tertiary/aromatic N) is 4. The molecule has 0 atom stereocenters. The second-order valence-corrected chi connectivity index (χ2v) is 4.55. The highest BCUT2D eigenvalue weighted by atomic mass is 16.6. The lowest BCUT2D eigenvalue weighted by Crippen LogP contribution is -2.14. The maximum Gasteiger partial charge on any atom is 0.381 e. The molecule has 2 aromatic rings. The molecular formula is C12H16N6O3. The third kappa shape index (κ3) is 4.13. The summed E-state index contributed by atoms with van der Waals surface area (Å²) >= 11 is 0. The van der Waals surface area contributed by atoms with E-state index in [-0.39, 0.29) is 18.1 Å². The van der Waals surface area contributed by atoms with Gasteiger partial charge < -0.3 is 20.0 Å². The van der Waals surface area contributed by atoms with Crippen molar-refractivity contribution in [2.45, 2.75) is 32.7 Å². The van der Waals surface area contributed by atoms with Crippen LogP contribution < -0.4 is 5.32 Å². The van der Waals surface area contributed by atoms with Crippen molar-refractivity contribution >= 4 is 17.5 Å². The van der Waals surface area contributed by atoms with Crippen molar-refractivity contribution in [2.75, 3.05) is 5.32 Å². The Labute approximate surface area is 120 Å². The zero-order valence-electron chi connectivity index (χ0n) is 11.6. The van der Waals surface area contributed by atoms with Gasteiger partial charge in [0, 0.05) is 24.7 Å². The van der Waals surface area contributed by atoms with Gasteiger partial charge in [-0.3, -0.25) is 9.89 Å². The number of hydrogen-bond acceptors (Lipinski definition) is 5. The van der Waals surface area contributed by atoms with E-state index in [2.05, 4.69) is 27.4 Å². The summed E-state index contributed by atoms with van der Waals surface area (Å²) in [6, 6.07) is 1.80. The number of amides is 1. The Hall–Kier alpha value is -2.71. The minimum absolute atomic E-state index is 0.184. The molecule has 0 aliphatic rings. The van der Waals surface area contributed by atoms with Crippen LogP contribution in [0.2, 0.25) is 0 Å². The summed E-state index contributed by atoms with van der Waals surface area (Å²) in [6.45, 7) is 2.38. The van der Waals surface area contributed by atoms with Gasteiger partial charge in [-0.05, 0) is 16.3 Å². The molecule has 2 aromatic heterocycles. The van der Waals surface area contributed by atoms with Gasteiger partial charge in [-0.25, -0.2) is 0 Å². The molecule has 0 aromatic carbocycles. The Morgan fingerprint density at radius 1 is 1.57 bits per heavy atom. The Kier molecular flexibility index (Phi) is 4.64. The summed E-state index contributed by atoms with van der Waals surface area (Å²) in [5.41, 5.74) is 0.970. The fourth-order valence-electron chi connectivity index (χ4n) is 1.82. The molecular weight excluding hydrogens is 276 g/mol. The van der Waals surface area contributed by atoms with Gasteiger partial charge in [-0.1, -0.05) is 13.3 Å². The van der Waals surface area contributed by atoms with Gasteiger partial charge in [0.1, 0.15) is 6.20 Å². The van der Waals surface area contributed by atoms with Gasteiger partial charge in [0.25, 0.3) is 0 Å². The van der Waals surface area contributed by atoms with E-state index in [1.54, 1.807) is 6.07 Å². The van der Waals surface area contributed by atoms with Crippen LogP contribution in [0.15, 0.2) is 18.6 Å². The van der Waals surface area contributed by atoms with E-state index in [9.17, 15) is 14.9 Å². The normalized spacial score (nSPS) is 10.5. The van der Waals surface area contributed by atoms with Crippen LogP contribution in [0.3, 0.4) is 0 Å². The standard InChI is InChI=1S/C12H16N6O3/c1-2-3-9-6-10(16-15-9)14-12(19)4-5-17-7-11(13-8-17)18(20)21/h6-8H,2-5H2,1H3,(H2,14,15,16,19). The average Bonchev–Trinajstić information content (AvgIpc) is 3.06. The number of rotatable bonds is 7. The number of aromatic amines is 1. The third-order valence-corrected chi connectivity index (χ3v) is 2.82. The number of anilines is 1. The van der Waals surface area contributed by atoms with Crippen molar-refractivity contribution in [2.24, 2.45) is 0 Å². The van der Waals surface area contributed by atoms with Crippen LogP contribution in [0.1, 0.15) is 25.5 Å². The van der Waals surface area contributed by atoms with Crippen LogP contribution in [0.25, 0.3) is 0 Å². The number of imidazole rings is 1. The van der Waals surface area contributed by atoms with E-state index in [1.165, 1.54) is 17.1 Å². The highest BCUT2D eigenvalue weighted by Crippen LogP contribution is 2.09. The molecule has 112 valence electrons. The first-order valence-corrected chi connectivity index (χ1v) is 6.58. The second-order valence-electron chi connectivity index (χ2n) is 4.55. The minimum atomic E-state index is -0.574. The fraction of sp³-hybridized carbons (Fsp3) is 0.417. The summed E-state index contributed by atoms with van der Waals surface area (Å²) in [5, 5.41) is 20.0. The van der Waals surface area contributed by atoms with Gasteiger partial charge in [0.2, 0.25) is 12.2 Å². The molecule has 0 bridgehead atoms. The Balaban J connectivity index is 1.82. The van der Waals surface area contributed by atoms with Crippen LogP contribution in [0.4, 0.5) is 11.6 Å². The van der Waals surface area contributed by atoms with E-state index >= 15 is 0 Å². The number of carbonyl (C=O) groups excluding carboxylic acids is 1. The molecule has 0 spiro atoms. The molecule has 21 heavy (non-hydrogen) atoms. The van der Waals surface area contributed by atoms with E-state index in [0.717, 1.165) is 18.5 Å². The Morgan fingerprint density at radius 3 is 3.05 bits per heavy atom. The molecule has 2 rings (SSSR count). The summed E-state index contributed by atoms with van der Waals surface area (Å²) in [5.74, 6) is 0.0490. The smallest absolute Gasteiger partial charge is 0.358 e. The highest BCUT2D eigenvalue weighted by Gasteiger charge is 2.11. The molecule has 0 saturated carbocycles. The summed E-state index contributed by atoms with van der Waals surface area (Å²) in [7, 11) is 0. The van der Waals surface area contributed by atoms with Crippen molar-refractivity contribution in [3.63, 3.8) is 0 Å². The molecule has 0 aliphatic heterocycles. The zero-order chi connectivity index (χ0) is 15.2. The molecule has 0 saturated heterocycles. The van der Waals surface area contributed by atoms with Crippen molar-refractivity contribution in [1.29, 1.82) is 0 Å². The number of carbonyl (C=O) groups is 1. The topological polar surface area (TPSA) is 119 Å². The summed E-state index contributed by atoms with van der Waals surface area (Å²) in [4.78, 5) is 25.3. The lowest BCUT2D eigenvalue weighted by atomic mass is 10.2. The maximum absolute atomic E-state index is 11.8. The van der Waals surface area contributed by atoms with E-state index in [4.69, 9.17) is 0 Å². The van der Waals surface area contributed by atoms with Crippen molar-refractivity contribution in [1.82, 2.24) is 19.7 Å². The number of hydrogen-bond donors (Lipinski definition) is 2. The largest absolute Gasteiger partial charge is 0.381 e. The molecule has 9 heteroatoms. The SMILES string of the molecule is CCCc1cc(NC(=O)CCn2cnc([N+](=O)[O-])c2)n[nH]1. The number of nitro groups is 1. The molecule has 2 N–H and O–H groups in total. The number of H-pyrrole nitrogens is 1. The fourth-order valence-corrected chi connectivity index (χ4v) is 1.82. The van der Waals surface area contributed by atoms with Crippen molar-refractivity contribution in [3.05, 3.63) is 34.4 Å². The predicted molar refractivity (Wildman–Crippen MR) is 74.7 cm³/mol. The summed E-state index contributed by atoms with van der Waals surface area (Å²) in [6.07, 6.45) is 4.68. The number of aromatic nitrogens is 4. The number of nitrogens with one attached hydrogen (secondary N) is 2. The van der Waals surface area contributed by atoms with Crippen molar-refractivity contribution < 1.29 is 9.72 Å². The molecule has 0 unspecified atom stereocenters. The second kappa shape index (κ2) is 6.64. The lowest BCUT2D eigenvalue weighted by Gasteiger charge is -2.01. The van der Waals surface area contributed by atoms with Crippen LogP contribution in [-0.2, 0) is 17.8 Å².